The van der Waals surface area contributed by atoms with E-state index < -0.39 is 0 Å². The van der Waals surface area contributed by atoms with E-state index >= 15 is 0 Å². The van der Waals surface area contributed by atoms with Crippen molar-refractivity contribution in [3.05, 3.63) is 35.4 Å². The van der Waals surface area contributed by atoms with Gasteiger partial charge in [-0.2, -0.15) is 0 Å². The number of urea groups is 1. The van der Waals surface area contributed by atoms with Crippen molar-refractivity contribution < 1.29 is 9.59 Å². The molecule has 6 nitrogen and oxygen atoms in total. The van der Waals surface area contributed by atoms with E-state index in [1.165, 1.54) is 16.0 Å². The topological polar surface area (TPSA) is 55.9 Å². The van der Waals surface area contributed by atoms with Crippen LogP contribution < -0.4 is 5.32 Å². The van der Waals surface area contributed by atoms with Crippen LogP contribution in [0.3, 0.4) is 0 Å². The quantitative estimate of drug-likeness (QED) is 0.884. The van der Waals surface area contributed by atoms with Crippen LogP contribution in [-0.2, 0) is 17.6 Å². The summed E-state index contributed by atoms with van der Waals surface area (Å²) in [4.78, 5) is 29.9. The molecule has 1 aromatic rings. The van der Waals surface area contributed by atoms with E-state index in [-0.39, 0.29) is 24.5 Å². The van der Waals surface area contributed by atoms with E-state index in [1.807, 2.05) is 11.9 Å². The van der Waals surface area contributed by atoms with Gasteiger partial charge < -0.3 is 15.1 Å². The van der Waals surface area contributed by atoms with Gasteiger partial charge in [-0.3, -0.25) is 9.69 Å². The highest BCUT2D eigenvalue weighted by atomic mass is 16.2. The maximum atomic E-state index is 12.4. The molecule has 0 bridgehead atoms. The maximum Gasteiger partial charge on any atom is 0.317 e. The molecule has 3 amide bonds. The van der Waals surface area contributed by atoms with Crippen molar-refractivity contribution in [2.45, 2.75) is 37.8 Å². The summed E-state index contributed by atoms with van der Waals surface area (Å²) in [6.07, 6.45) is 4.36. The third kappa shape index (κ3) is 4.18. The summed E-state index contributed by atoms with van der Waals surface area (Å²) in [7, 11) is 5.20. The minimum absolute atomic E-state index is 0.0261. The summed E-state index contributed by atoms with van der Waals surface area (Å²) in [6.45, 7) is 2.08. The molecule has 1 fully saturated rings. The molecule has 0 unspecified atom stereocenters. The summed E-state index contributed by atoms with van der Waals surface area (Å²) in [5, 5.41) is 2.66. The first-order valence-corrected chi connectivity index (χ1v) is 9.47. The van der Waals surface area contributed by atoms with Gasteiger partial charge >= 0.3 is 6.03 Å². The predicted octanol–water partition coefficient (Wildman–Crippen LogP) is 1.35. The Kier molecular flexibility index (Phi) is 5.81. The van der Waals surface area contributed by atoms with Crippen molar-refractivity contribution >= 4 is 11.9 Å². The Balaban J connectivity index is 1.53. The molecule has 6 heteroatoms. The average molecular weight is 358 g/mol. The highest BCUT2D eigenvalue weighted by molar-refractivity contribution is 5.83. The van der Waals surface area contributed by atoms with Crippen molar-refractivity contribution in [1.29, 1.82) is 0 Å². The molecule has 0 saturated carbocycles. The number of nitrogens with one attached hydrogen (secondary N) is 1. The van der Waals surface area contributed by atoms with E-state index in [0.29, 0.717) is 6.04 Å². The standard InChI is InChI=1S/C20H30N4O2/c1-22(2)20(26)21-13-19(25)23(3)17-9-6-10-24(14-17)18-11-15-7-4-5-8-16(15)12-18/h4-5,7-8,17-18H,6,9-14H2,1-3H3,(H,21,26)/t17-/m1/s1. The number of hydrogen-bond acceptors (Lipinski definition) is 3. The molecule has 26 heavy (non-hydrogen) atoms. The summed E-state index contributed by atoms with van der Waals surface area (Å²) in [6, 6.07) is 9.24. The van der Waals surface area contributed by atoms with E-state index in [2.05, 4.69) is 34.5 Å². The second kappa shape index (κ2) is 8.08. The lowest BCUT2D eigenvalue weighted by atomic mass is 10.0. The number of carbonyl (C=O) groups excluding carboxylic acids is 2. The Morgan fingerprint density at radius 1 is 1.15 bits per heavy atom. The molecule has 1 saturated heterocycles. The van der Waals surface area contributed by atoms with E-state index in [0.717, 1.165) is 38.8 Å². The van der Waals surface area contributed by atoms with E-state index in [9.17, 15) is 9.59 Å². The van der Waals surface area contributed by atoms with Crippen molar-refractivity contribution in [3.63, 3.8) is 0 Å². The molecule has 1 heterocycles. The number of rotatable bonds is 4. The van der Waals surface area contributed by atoms with Crippen LogP contribution >= 0.6 is 0 Å². The zero-order valence-electron chi connectivity index (χ0n) is 16.1. The van der Waals surface area contributed by atoms with Crippen molar-refractivity contribution in [3.8, 4) is 0 Å². The molecule has 142 valence electrons. The molecule has 0 aromatic heterocycles. The summed E-state index contributed by atoms with van der Waals surface area (Å²) < 4.78 is 0. The van der Waals surface area contributed by atoms with Crippen molar-refractivity contribution in [1.82, 2.24) is 20.0 Å². The third-order valence-electron chi connectivity index (χ3n) is 5.71. The van der Waals surface area contributed by atoms with Crippen LogP contribution in [0, 0.1) is 0 Å². The van der Waals surface area contributed by atoms with Crippen LogP contribution in [-0.4, -0.2) is 79.5 Å². The lowest BCUT2D eigenvalue weighted by molar-refractivity contribution is -0.132. The van der Waals surface area contributed by atoms with Crippen LogP contribution in [0.15, 0.2) is 24.3 Å². The second-order valence-electron chi connectivity index (χ2n) is 7.68. The molecule has 1 aliphatic heterocycles. The van der Waals surface area contributed by atoms with Gasteiger partial charge in [0.25, 0.3) is 0 Å². The number of carbonyl (C=O) groups is 2. The molecular weight excluding hydrogens is 328 g/mol. The summed E-state index contributed by atoms with van der Waals surface area (Å²) in [5.41, 5.74) is 2.94. The first-order chi connectivity index (χ1) is 12.5. The Labute approximate surface area is 156 Å². The zero-order valence-corrected chi connectivity index (χ0v) is 16.1. The molecule has 2 aliphatic rings. The number of likely N-dealkylation sites (N-methyl/N-ethyl adjacent to an activating group) is 1. The van der Waals surface area contributed by atoms with Crippen molar-refractivity contribution in [2.75, 3.05) is 40.8 Å². The van der Waals surface area contributed by atoms with Crippen LogP contribution in [0.25, 0.3) is 0 Å². The van der Waals surface area contributed by atoms with Gasteiger partial charge in [0.1, 0.15) is 0 Å². The van der Waals surface area contributed by atoms with Crippen LogP contribution in [0.1, 0.15) is 24.0 Å². The fourth-order valence-corrected chi connectivity index (χ4v) is 4.06. The van der Waals surface area contributed by atoms with Gasteiger partial charge in [0.2, 0.25) is 5.91 Å². The highest BCUT2D eigenvalue weighted by Crippen LogP contribution is 2.28. The van der Waals surface area contributed by atoms with Gasteiger partial charge in [0, 0.05) is 39.8 Å². The van der Waals surface area contributed by atoms with Gasteiger partial charge in [-0.15, -0.1) is 0 Å². The van der Waals surface area contributed by atoms with Crippen LogP contribution in [0.2, 0.25) is 0 Å². The molecule has 1 aromatic carbocycles. The average Bonchev–Trinajstić information content (AvgIpc) is 3.09. The number of hydrogen-bond donors (Lipinski definition) is 1. The minimum atomic E-state index is -0.235. The molecule has 3 rings (SSSR count). The second-order valence-corrected chi connectivity index (χ2v) is 7.68. The Hall–Kier alpha value is -2.08. The maximum absolute atomic E-state index is 12.4. The smallest absolute Gasteiger partial charge is 0.317 e. The number of piperidine rings is 1. The Morgan fingerprint density at radius 2 is 1.81 bits per heavy atom. The monoisotopic (exact) mass is 358 g/mol. The fourth-order valence-electron chi connectivity index (χ4n) is 4.06. The van der Waals surface area contributed by atoms with E-state index in [4.69, 9.17) is 0 Å². The SMILES string of the molecule is CN(C)C(=O)NCC(=O)N(C)[C@@H]1CCCN(C2Cc3ccccc3C2)C1. The number of fused-ring (bicyclic) bond motifs is 1. The molecule has 0 spiro atoms. The van der Waals surface area contributed by atoms with Gasteiger partial charge in [-0.05, 0) is 43.4 Å². The van der Waals surface area contributed by atoms with Gasteiger partial charge in [-0.1, -0.05) is 24.3 Å². The summed E-state index contributed by atoms with van der Waals surface area (Å²) >= 11 is 0. The number of nitrogens with zero attached hydrogens (tertiary/aromatic N) is 3. The molecule has 1 aliphatic carbocycles. The van der Waals surface area contributed by atoms with Gasteiger partial charge in [0.05, 0.1) is 6.54 Å². The van der Waals surface area contributed by atoms with E-state index in [1.54, 1.807) is 14.1 Å². The third-order valence-corrected chi connectivity index (χ3v) is 5.71. The predicted molar refractivity (Wildman–Crippen MR) is 102 cm³/mol. The molecule has 0 radical (unpaired) electrons. The largest absolute Gasteiger partial charge is 0.340 e. The molecule has 1 atom stereocenters. The fraction of sp³-hybridized carbons (Fsp3) is 0.600. The lowest BCUT2D eigenvalue weighted by Gasteiger charge is -2.40. The van der Waals surface area contributed by atoms with Gasteiger partial charge in [-0.25, -0.2) is 4.79 Å². The molecule has 1 N–H and O–H groups in total. The zero-order chi connectivity index (χ0) is 18.7. The highest BCUT2D eigenvalue weighted by Gasteiger charge is 2.32. The number of amides is 3. The lowest BCUT2D eigenvalue weighted by Crippen LogP contribution is -2.53. The van der Waals surface area contributed by atoms with Crippen molar-refractivity contribution in [2.24, 2.45) is 0 Å². The summed E-state index contributed by atoms with van der Waals surface area (Å²) in [5.74, 6) is -0.0261. The number of benzene rings is 1. The minimum Gasteiger partial charge on any atom is -0.340 e. The normalized spacial score (nSPS) is 20.5. The van der Waals surface area contributed by atoms with Gasteiger partial charge in [0.15, 0.2) is 0 Å². The first-order valence-electron chi connectivity index (χ1n) is 9.47. The first kappa shape index (κ1) is 18.7. The van der Waals surface area contributed by atoms with Crippen LogP contribution in [0.5, 0.6) is 0 Å². The Morgan fingerprint density at radius 3 is 2.42 bits per heavy atom. The van der Waals surface area contributed by atoms with Crippen LogP contribution in [0.4, 0.5) is 4.79 Å². The Bertz CT molecular complexity index is 636. The molecular formula is C20H30N4O2. The number of likely N-dealkylation sites (tertiary alicyclic amines) is 1.